The standard InChI is InChI=1S/C22H22N2O3/c1-5-27-16-10-17-13(2)12-22(3,4)24-20(17)18(11-16)19(21(24)26)23-14-6-8-15(25)9-7-14/h6-12,25H,5H2,1-4H3. The number of anilines is 1. The number of hydrogen-bond donors (Lipinski definition) is 1. The van der Waals surface area contributed by atoms with E-state index in [1.165, 1.54) is 0 Å². The number of carbonyl (C=O) groups excluding carboxylic acids is 1. The van der Waals surface area contributed by atoms with Gasteiger partial charge in [0.15, 0.2) is 0 Å². The molecule has 2 aromatic rings. The fourth-order valence-corrected chi connectivity index (χ4v) is 3.89. The third kappa shape index (κ3) is 2.70. The summed E-state index contributed by atoms with van der Waals surface area (Å²) >= 11 is 0. The second-order valence-electron chi connectivity index (χ2n) is 7.40. The maximum Gasteiger partial charge on any atom is 0.278 e. The number of phenolic OH excluding ortho intramolecular Hbond substituents is 1. The van der Waals surface area contributed by atoms with Gasteiger partial charge in [0.2, 0.25) is 0 Å². The quantitative estimate of drug-likeness (QED) is 0.877. The summed E-state index contributed by atoms with van der Waals surface area (Å²) in [6.07, 6.45) is 2.11. The smallest absolute Gasteiger partial charge is 0.278 e. The van der Waals surface area contributed by atoms with Gasteiger partial charge in [-0.2, -0.15) is 0 Å². The van der Waals surface area contributed by atoms with Crippen LogP contribution in [0, 0.1) is 0 Å². The second-order valence-corrected chi connectivity index (χ2v) is 7.40. The van der Waals surface area contributed by atoms with E-state index in [4.69, 9.17) is 4.74 Å². The molecule has 0 bridgehead atoms. The highest BCUT2D eigenvalue weighted by Crippen LogP contribution is 2.47. The fraction of sp³-hybridized carbons (Fsp3) is 0.273. The molecule has 138 valence electrons. The zero-order valence-corrected chi connectivity index (χ0v) is 15.9. The van der Waals surface area contributed by atoms with E-state index in [0.717, 1.165) is 28.1 Å². The van der Waals surface area contributed by atoms with Gasteiger partial charge in [0.1, 0.15) is 17.2 Å². The number of rotatable bonds is 3. The van der Waals surface area contributed by atoms with Gasteiger partial charge in [-0.15, -0.1) is 0 Å². The van der Waals surface area contributed by atoms with E-state index in [9.17, 15) is 9.90 Å². The SMILES string of the molecule is CCOc1cc2c3c(c1)C(=Nc1ccc(O)cc1)C(=O)N3C(C)(C)C=C2C. The Kier molecular flexibility index (Phi) is 3.84. The molecular weight excluding hydrogens is 340 g/mol. The van der Waals surface area contributed by atoms with E-state index >= 15 is 0 Å². The first-order valence-corrected chi connectivity index (χ1v) is 9.05. The largest absolute Gasteiger partial charge is 0.508 e. The van der Waals surface area contributed by atoms with Crippen LogP contribution in [0.3, 0.4) is 0 Å². The molecule has 0 fully saturated rings. The number of hydrogen-bond acceptors (Lipinski definition) is 4. The first kappa shape index (κ1) is 17.3. The molecule has 4 rings (SSSR count). The zero-order valence-electron chi connectivity index (χ0n) is 15.9. The fourth-order valence-electron chi connectivity index (χ4n) is 3.89. The minimum absolute atomic E-state index is 0.123. The molecule has 27 heavy (non-hydrogen) atoms. The number of phenols is 1. The Morgan fingerprint density at radius 3 is 2.48 bits per heavy atom. The van der Waals surface area contributed by atoms with Gasteiger partial charge in [-0.25, -0.2) is 4.99 Å². The molecule has 5 nitrogen and oxygen atoms in total. The van der Waals surface area contributed by atoms with Crippen LogP contribution in [-0.2, 0) is 4.79 Å². The summed E-state index contributed by atoms with van der Waals surface area (Å²) < 4.78 is 5.74. The molecule has 1 N–H and O–H groups in total. The molecular formula is C22H22N2O3. The molecule has 0 aromatic heterocycles. The molecule has 1 amide bonds. The highest BCUT2D eigenvalue weighted by Gasteiger charge is 2.45. The molecule has 2 heterocycles. The van der Waals surface area contributed by atoms with Gasteiger partial charge in [0.05, 0.1) is 23.5 Å². The Morgan fingerprint density at radius 2 is 1.81 bits per heavy atom. The summed E-state index contributed by atoms with van der Waals surface area (Å²) in [5, 5.41) is 9.50. The second kappa shape index (κ2) is 5.98. The van der Waals surface area contributed by atoms with Crippen LogP contribution in [0.2, 0.25) is 0 Å². The summed E-state index contributed by atoms with van der Waals surface area (Å²) in [5.41, 5.74) is 4.37. The first-order chi connectivity index (χ1) is 12.8. The van der Waals surface area contributed by atoms with Gasteiger partial charge in [-0.1, -0.05) is 6.08 Å². The minimum Gasteiger partial charge on any atom is -0.508 e. The van der Waals surface area contributed by atoms with E-state index in [1.54, 1.807) is 24.3 Å². The molecule has 2 aliphatic heterocycles. The molecule has 0 saturated heterocycles. The summed E-state index contributed by atoms with van der Waals surface area (Å²) in [6, 6.07) is 10.4. The van der Waals surface area contributed by atoms with Crippen molar-refractivity contribution in [3.8, 4) is 11.5 Å². The predicted octanol–water partition coefficient (Wildman–Crippen LogP) is 4.45. The van der Waals surface area contributed by atoms with Crippen molar-refractivity contribution in [2.45, 2.75) is 33.2 Å². The van der Waals surface area contributed by atoms with Crippen molar-refractivity contribution >= 4 is 28.6 Å². The van der Waals surface area contributed by atoms with Gasteiger partial charge >= 0.3 is 0 Å². The van der Waals surface area contributed by atoms with Crippen LogP contribution in [0.5, 0.6) is 11.5 Å². The number of aromatic hydroxyl groups is 1. The maximum absolute atomic E-state index is 13.3. The van der Waals surface area contributed by atoms with E-state index in [2.05, 4.69) is 18.0 Å². The molecule has 2 aromatic carbocycles. The van der Waals surface area contributed by atoms with E-state index in [0.29, 0.717) is 18.0 Å². The molecule has 0 unspecified atom stereocenters. The van der Waals surface area contributed by atoms with Crippen LogP contribution in [0.15, 0.2) is 47.5 Å². The summed E-state index contributed by atoms with van der Waals surface area (Å²) in [6.45, 7) is 8.61. The maximum atomic E-state index is 13.3. The Hall–Kier alpha value is -3.08. The van der Waals surface area contributed by atoms with Crippen molar-refractivity contribution in [3.05, 3.63) is 53.6 Å². The number of benzene rings is 2. The molecule has 0 spiro atoms. The number of carbonyl (C=O) groups is 1. The first-order valence-electron chi connectivity index (χ1n) is 9.05. The minimum atomic E-state index is -0.442. The van der Waals surface area contributed by atoms with E-state index < -0.39 is 5.54 Å². The number of allylic oxidation sites excluding steroid dienone is 1. The molecule has 0 atom stereocenters. The molecule has 0 aliphatic carbocycles. The van der Waals surface area contributed by atoms with Gasteiger partial charge < -0.3 is 9.84 Å². The zero-order chi connectivity index (χ0) is 19.3. The highest BCUT2D eigenvalue weighted by atomic mass is 16.5. The van der Waals surface area contributed by atoms with Crippen LogP contribution < -0.4 is 9.64 Å². The lowest BCUT2D eigenvalue weighted by atomic mass is 9.89. The predicted molar refractivity (Wildman–Crippen MR) is 107 cm³/mol. The Bertz CT molecular complexity index is 1000. The van der Waals surface area contributed by atoms with Gasteiger partial charge in [-0.05, 0) is 69.7 Å². The van der Waals surface area contributed by atoms with Crippen molar-refractivity contribution in [2.75, 3.05) is 11.5 Å². The number of ether oxygens (including phenoxy) is 1. The monoisotopic (exact) mass is 362 g/mol. The topological polar surface area (TPSA) is 62.1 Å². The Balaban J connectivity index is 1.96. The third-order valence-corrected chi connectivity index (χ3v) is 4.94. The van der Waals surface area contributed by atoms with Crippen LogP contribution in [0.1, 0.15) is 38.8 Å². The highest BCUT2D eigenvalue weighted by molar-refractivity contribution is 6.55. The van der Waals surface area contributed by atoms with Crippen molar-refractivity contribution in [1.29, 1.82) is 0 Å². The molecule has 0 saturated carbocycles. The van der Waals surface area contributed by atoms with Crippen LogP contribution in [-0.4, -0.2) is 28.9 Å². The van der Waals surface area contributed by atoms with Gasteiger partial charge in [0.25, 0.3) is 5.91 Å². The summed E-state index contributed by atoms with van der Waals surface area (Å²) in [5.74, 6) is 0.770. The van der Waals surface area contributed by atoms with Crippen molar-refractivity contribution in [2.24, 2.45) is 4.99 Å². The average Bonchev–Trinajstić information content (AvgIpc) is 2.88. The van der Waals surface area contributed by atoms with Crippen molar-refractivity contribution in [3.63, 3.8) is 0 Å². The Labute approximate surface area is 158 Å². The van der Waals surface area contributed by atoms with Gasteiger partial charge in [0, 0.05) is 11.1 Å². The van der Waals surface area contributed by atoms with Crippen LogP contribution in [0.25, 0.3) is 5.57 Å². The average molecular weight is 362 g/mol. The van der Waals surface area contributed by atoms with Crippen molar-refractivity contribution < 1.29 is 14.6 Å². The van der Waals surface area contributed by atoms with Crippen LogP contribution in [0.4, 0.5) is 11.4 Å². The Morgan fingerprint density at radius 1 is 1.15 bits per heavy atom. The number of nitrogens with zero attached hydrogens (tertiary/aromatic N) is 2. The number of amides is 1. The van der Waals surface area contributed by atoms with E-state index in [1.807, 2.05) is 37.8 Å². The van der Waals surface area contributed by atoms with Gasteiger partial charge in [-0.3, -0.25) is 9.69 Å². The normalized spacial score (nSPS) is 18.5. The molecule has 0 radical (unpaired) electrons. The lowest BCUT2D eigenvalue weighted by Gasteiger charge is -2.38. The lowest BCUT2D eigenvalue weighted by molar-refractivity contribution is -0.112. The summed E-state index contributed by atoms with van der Waals surface area (Å²) in [7, 11) is 0. The van der Waals surface area contributed by atoms with E-state index in [-0.39, 0.29) is 11.7 Å². The molecule has 2 aliphatic rings. The third-order valence-electron chi connectivity index (χ3n) is 4.94. The molecule has 5 heteroatoms. The van der Waals surface area contributed by atoms with Crippen molar-refractivity contribution in [1.82, 2.24) is 0 Å². The van der Waals surface area contributed by atoms with Crippen LogP contribution >= 0.6 is 0 Å². The lowest BCUT2D eigenvalue weighted by Crippen LogP contribution is -2.47. The number of aliphatic imine (C=N–C) groups is 1. The summed E-state index contributed by atoms with van der Waals surface area (Å²) in [4.78, 5) is 19.8.